The molecule has 4 aromatic rings. The van der Waals surface area contributed by atoms with Gasteiger partial charge in [0.1, 0.15) is 11.3 Å². The summed E-state index contributed by atoms with van der Waals surface area (Å²) in [6.07, 6.45) is 3.65. The first-order valence-electron chi connectivity index (χ1n) is 10.1. The summed E-state index contributed by atoms with van der Waals surface area (Å²) in [4.78, 5) is 9.56. The van der Waals surface area contributed by atoms with Gasteiger partial charge in [-0.05, 0) is 44.3 Å². The molecule has 0 unspecified atom stereocenters. The van der Waals surface area contributed by atoms with Gasteiger partial charge in [-0.2, -0.15) is 0 Å². The van der Waals surface area contributed by atoms with E-state index in [1.807, 2.05) is 18.2 Å². The van der Waals surface area contributed by atoms with Crippen molar-refractivity contribution in [1.82, 2.24) is 19.9 Å². The number of pyridine rings is 1. The van der Waals surface area contributed by atoms with Crippen molar-refractivity contribution >= 4 is 27.8 Å². The van der Waals surface area contributed by atoms with E-state index in [4.69, 9.17) is 10.7 Å². The first-order valence-corrected chi connectivity index (χ1v) is 10.1. The van der Waals surface area contributed by atoms with Crippen LogP contribution in [0.5, 0.6) is 0 Å². The van der Waals surface area contributed by atoms with Crippen molar-refractivity contribution in [2.24, 2.45) is 5.92 Å². The lowest BCUT2D eigenvalue weighted by atomic mass is 9.94. The SMILES string of the molecule is Nc1nc2ccccc2c2c1nc(-c1ccccc1)n2CCC1CCNCC1. The maximum Gasteiger partial charge on any atom is 0.152 e. The third-order valence-corrected chi connectivity index (χ3v) is 5.86. The fourth-order valence-corrected chi connectivity index (χ4v) is 4.37. The molecule has 142 valence electrons. The number of benzene rings is 2. The highest BCUT2D eigenvalue weighted by atomic mass is 15.1. The van der Waals surface area contributed by atoms with Crippen LogP contribution in [-0.4, -0.2) is 27.6 Å². The zero-order chi connectivity index (χ0) is 18.9. The minimum atomic E-state index is 0.506. The third-order valence-electron chi connectivity index (χ3n) is 5.86. The van der Waals surface area contributed by atoms with Gasteiger partial charge in [0.2, 0.25) is 0 Å². The second-order valence-electron chi connectivity index (χ2n) is 7.65. The predicted molar refractivity (Wildman–Crippen MR) is 115 cm³/mol. The molecule has 5 nitrogen and oxygen atoms in total. The van der Waals surface area contributed by atoms with E-state index >= 15 is 0 Å². The zero-order valence-electron chi connectivity index (χ0n) is 15.9. The summed E-state index contributed by atoms with van der Waals surface area (Å²) in [6.45, 7) is 3.19. The van der Waals surface area contributed by atoms with Crippen LogP contribution in [0.25, 0.3) is 33.3 Å². The molecular weight excluding hydrogens is 346 g/mol. The largest absolute Gasteiger partial charge is 0.382 e. The smallest absolute Gasteiger partial charge is 0.152 e. The number of aryl methyl sites for hydroxylation is 1. The van der Waals surface area contributed by atoms with Gasteiger partial charge in [0.05, 0.1) is 11.0 Å². The first-order chi connectivity index (χ1) is 13.8. The van der Waals surface area contributed by atoms with Crippen LogP contribution in [0.15, 0.2) is 54.6 Å². The minimum Gasteiger partial charge on any atom is -0.382 e. The predicted octanol–water partition coefficient (Wildman–Crippen LogP) is 4.22. The summed E-state index contributed by atoms with van der Waals surface area (Å²) in [5.74, 6) is 2.24. The molecule has 3 N–H and O–H groups in total. The minimum absolute atomic E-state index is 0.506. The van der Waals surface area contributed by atoms with Crippen LogP contribution < -0.4 is 11.1 Å². The number of nitrogens with zero attached hydrogens (tertiary/aromatic N) is 3. The molecule has 0 saturated carbocycles. The lowest BCUT2D eigenvalue weighted by Crippen LogP contribution is -2.28. The van der Waals surface area contributed by atoms with Gasteiger partial charge in [0.15, 0.2) is 5.82 Å². The molecule has 0 atom stereocenters. The highest BCUT2D eigenvalue weighted by molar-refractivity contribution is 6.07. The lowest BCUT2D eigenvalue weighted by Gasteiger charge is -2.23. The van der Waals surface area contributed by atoms with E-state index in [0.29, 0.717) is 5.82 Å². The third kappa shape index (κ3) is 3.02. The van der Waals surface area contributed by atoms with Gasteiger partial charge >= 0.3 is 0 Å². The number of rotatable bonds is 4. The van der Waals surface area contributed by atoms with E-state index in [1.165, 1.54) is 12.8 Å². The standard InChI is InChI=1S/C23H25N5/c24-22-20-21(18-8-4-5-9-19(18)26-22)28(15-12-16-10-13-25-14-11-16)23(27-20)17-6-2-1-3-7-17/h1-9,16,25H,10-15H2,(H2,24,26). The van der Waals surface area contributed by atoms with Crippen molar-refractivity contribution in [3.63, 3.8) is 0 Å². The zero-order valence-corrected chi connectivity index (χ0v) is 15.9. The monoisotopic (exact) mass is 371 g/mol. The van der Waals surface area contributed by atoms with Crippen LogP contribution in [0.2, 0.25) is 0 Å². The summed E-state index contributed by atoms with van der Waals surface area (Å²) in [5.41, 5.74) is 10.3. The molecule has 0 bridgehead atoms. The number of aromatic nitrogens is 3. The Morgan fingerprint density at radius 1 is 0.964 bits per heavy atom. The number of imidazole rings is 1. The van der Waals surface area contributed by atoms with Gasteiger partial charge in [0, 0.05) is 17.5 Å². The van der Waals surface area contributed by atoms with Crippen molar-refractivity contribution in [3.05, 3.63) is 54.6 Å². The highest BCUT2D eigenvalue weighted by Gasteiger charge is 2.20. The number of piperidine rings is 1. The Bertz CT molecular complexity index is 1110. The molecule has 28 heavy (non-hydrogen) atoms. The Morgan fingerprint density at radius 3 is 2.54 bits per heavy atom. The van der Waals surface area contributed by atoms with Crippen LogP contribution >= 0.6 is 0 Å². The molecule has 1 aliphatic rings. The number of nitrogens with two attached hydrogens (primary N) is 1. The normalized spacial score (nSPS) is 15.4. The van der Waals surface area contributed by atoms with Crippen LogP contribution in [0.3, 0.4) is 0 Å². The number of nitrogen functional groups attached to an aromatic ring is 1. The van der Waals surface area contributed by atoms with Crippen molar-refractivity contribution < 1.29 is 0 Å². The number of para-hydroxylation sites is 1. The topological polar surface area (TPSA) is 68.8 Å². The van der Waals surface area contributed by atoms with Crippen LogP contribution in [-0.2, 0) is 6.54 Å². The van der Waals surface area contributed by atoms with E-state index in [2.05, 4.69) is 51.3 Å². The number of fused-ring (bicyclic) bond motifs is 3. The summed E-state index contributed by atoms with van der Waals surface area (Å²) in [7, 11) is 0. The quantitative estimate of drug-likeness (QED) is 0.563. The number of hydrogen-bond donors (Lipinski definition) is 2. The second-order valence-corrected chi connectivity index (χ2v) is 7.65. The molecule has 5 heteroatoms. The van der Waals surface area contributed by atoms with Crippen LogP contribution in [0, 0.1) is 5.92 Å². The average molecular weight is 371 g/mol. The van der Waals surface area contributed by atoms with Crippen molar-refractivity contribution in [3.8, 4) is 11.4 Å². The molecule has 5 rings (SSSR count). The molecule has 0 spiro atoms. The fraction of sp³-hybridized carbons (Fsp3) is 0.304. The molecule has 0 aliphatic carbocycles. The Morgan fingerprint density at radius 2 is 1.71 bits per heavy atom. The summed E-state index contributed by atoms with van der Waals surface area (Å²) >= 11 is 0. The molecule has 0 radical (unpaired) electrons. The Balaban J connectivity index is 1.69. The van der Waals surface area contributed by atoms with Gasteiger partial charge in [0.25, 0.3) is 0 Å². The summed E-state index contributed by atoms with van der Waals surface area (Å²) in [5, 5.41) is 4.58. The number of hydrogen-bond acceptors (Lipinski definition) is 4. The summed E-state index contributed by atoms with van der Waals surface area (Å²) in [6, 6.07) is 18.6. The first kappa shape index (κ1) is 17.2. The fourth-order valence-electron chi connectivity index (χ4n) is 4.37. The molecule has 2 aromatic heterocycles. The van der Waals surface area contributed by atoms with Gasteiger partial charge in [-0.1, -0.05) is 48.5 Å². The molecular formula is C23H25N5. The average Bonchev–Trinajstić information content (AvgIpc) is 3.14. The second kappa shape index (κ2) is 7.24. The molecule has 3 heterocycles. The molecule has 0 amide bonds. The van der Waals surface area contributed by atoms with E-state index in [-0.39, 0.29) is 0 Å². The van der Waals surface area contributed by atoms with Crippen molar-refractivity contribution in [2.45, 2.75) is 25.8 Å². The number of anilines is 1. The van der Waals surface area contributed by atoms with E-state index in [1.54, 1.807) is 0 Å². The van der Waals surface area contributed by atoms with Crippen molar-refractivity contribution in [2.75, 3.05) is 18.8 Å². The molecule has 1 fully saturated rings. The van der Waals surface area contributed by atoms with E-state index < -0.39 is 0 Å². The lowest BCUT2D eigenvalue weighted by molar-refractivity contribution is 0.340. The highest BCUT2D eigenvalue weighted by Crippen LogP contribution is 2.33. The maximum absolute atomic E-state index is 6.33. The molecule has 1 aliphatic heterocycles. The van der Waals surface area contributed by atoms with Crippen LogP contribution in [0.4, 0.5) is 5.82 Å². The molecule has 2 aromatic carbocycles. The maximum atomic E-state index is 6.33. The Kier molecular flexibility index (Phi) is 4.45. The summed E-state index contributed by atoms with van der Waals surface area (Å²) < 4.78 is 2.37. The van der Waals surface area contributed by atoms with Gasteiger partial charge < -0.3 is 15.6 Å². The number of nitrogens with one attached hydrogen (secondary N) is 1. The molecule has 1 saturated heterocycles. The Hall–Kier alpha value is -2.92. The van der Waals surface area contributed by atoms with E-state index in [9.17, 15) is 0 Å². The van der Waals surface area contributed by atoms with Gasteiger partial charge in [-0.15, -0.1) is 0 Å². The van der Waals surface area contributed by atoms with Gasteiger partial charge in [-0.25, -0.2) is 9.97 Å². The van der Waals surface area contributed by atoms with Crippen LogP contribution in [0.1, 0.15) is 19.3 Å². The Labute approximate surface area is 164 Å². The van der Waals surface area contributed by atoms with E-state index in [0.717, 1.165) is 65.3 Å². The van der Waals surface area contributed by atoms with Gasteiger partial charge in [-0.3, -0.25) is 0 Å². The van der Waals surface area contributed by atoms with Crippen molar-refractivity contribution in [1.29, 1.82) is 0 Å².